The fourth-order valence-electron chi connectivity index (χ4n) is 2.69. The predicted octanol–water partition coefficient (Wildman–Crippen LogP) is 4.46. The first-order valence-corrected chi connectivity index (χ1v) is 10.9. The van der Waals surface area contributed by atoms with Crippen LogP contribution in [0.15, 0.2) is 42.5 Å². The molecule has 0 aliphatic heterocycles. The fraction of sp³-hybridized carbons (Fsp3) is 0.278. The lowest BCUT2D eigenvalue weighted by atomic mass is 10.2. The van der Waals surface area contributed by atoms with Gasteiger partial charge in [0, 0.05) is 23.6 Å². The second kappa shape index (κ2) is 8.69. The molecule has 2 aromatic carbocycles. The van der Waals surface area contributed by atoms with Gasteiger partial charge in [-0.3, -0.25) is 9.10 Å². The van der Waals surface area contributed by atoms with Crippen LogP contribution in [0.3, 0.4) is 0 Å². The highest BCUT2D eigenvalue weighted by Crippen LogP contribution is 2.32. The van der Waals surface area contributed by atoms with E-state index in [4.69, 9.17) is 34.8 Å². The van der Waals surface area contributed by atoms with Crippen molar-refractivity contribution in [3.8, 4) is 0 Å². The normalized spacial score (nSPS) is 12.5. The van der Waals surface area contributed by atoms with Crippen molar-refractivity contribution < 1.29 is 13.2 Å². The van der Waals surface area contributed by atoms with Crippen molar-refractivity contribution in [2.75, 3.05) is 17.6 Å². The van der Waals surface area contributed by atoms with Crippen LogP contribution in [0.25, 0.3) is 0 Å². The average Bonchev–Trinajstić information content (AvgIpc) is 2.58. The van der Waals surface area contributed by atoms with E-state index >= 15 is 0 Å². The first-order chi connectivity index (χ1) is 12.5. The number of sulfonamides is 1. The molecular formula is C18H19Cl3N2O3S. The standard InChI is InChI=1S/C18H19Cl3N2O3S/c1-12(18(24)22(2)11-13-4-6-14(19)7-5-13)23(27(3,25)26)17-10-15(20)8-9-16(17)21/h4-10,12H,11H2,1-3H3/t12-/m1/s1. The van der Waals surface area contributed by atoms with Crippen LogP contribution in [0.1, 0.15) is 12.5 Å². The highest BCUT2D eigenvalue weighted by Gasteiger charge is 2.32. The molecule has 0 saturated heterocycles. The van der Waals surface area contributed by atoms with Gasteiger partial charge in [-0.2, -0.15) is 0 Å². The first kappa shape index (κ1) is 21.8. The molecule has 0 bridgehead atoms. The molecule has 27 heavy (non-hydrogen) atoms. The van der Waals surface area contributed by atoms with E-state index in [-0.39, 0.29) is 16.6 Å². The summed E-state index contributed by atoms with van der Waals surface area (Å²) in [5.74, 6) is -0.383. The molecule has 2 aromatic rings. The lowest BCUT2D eigenvalue weighted by Gasteiger charge is -2.31. The number of carbonyl (C=O) groups is 1. The maximum atomic E-state index is 12.9. The SMILES string of the molecule is C[C@H](C(=O)N(C)Cc1ccc(Cl)cc1)N(c1cc(Cl)ccc1Cl)S(C)(=O)=O. The third-order valence-corrected chi connectivity index (χ3v) is 5.96. The number of nitrogens with zero attached hydrogens (tertiary/aromatic N) is 2. The lowest BCUT2D eigenvalue weighted by Crippen LogP contribution is -2.48. The van der Waals surface area contributed by atoms with Crippen LogP contribution >= 0.6 is 34.8 Å². The largest absolute Gasteiger partial charge is 0.340 e. The summed E-state index contributed by atoms with van der Waals surface area (Å²) < 4.78 is 25.8. The molecule has 0 heterocycles. The molecule has 1 atom stereocenters. The number of carbonyl (C=O) groups excluding carboxylic acids is 1. The molecule has 0 radical (unpaired) electrons. The summed E-state index contributed by atoms with van der Waals surface area (Å²) in [5.41, 5.74) is 1.03. The number of likely N-dealkylation sites (N-methyl/N-ethyl adjacent to an activating group) is 1. The van der Waals surface area contributed by atoms with E-state index in [0.29, 0.717) is 16.6 Å². The van der Waals surface area contributed by atoms with Crippen LogP contribution in [-0.4, -0.2) is 38.6 Å². The predicted molar refractivity (Wildman–Crippen MR) is 111 cm³/mol. The van der Waals surface area contributed by atoms with Gasteiger partial charge in [-0.1, -0.05) is 46.9 Å². The van der Waals surface area contributed by atoms with Crippen molar-refractivity contribution in [3.05, 3.63) is 63.1 Å². The molecular weight excluding hydrogens is 431 g/mol. The van der Waals surface area contributed by atoms with E-state index in [2.05, 4.69) is 0 Å². The van der Waals surface area contributed by atoms with Crippen LogP contribution in [0.4, 0.5) is 5.69 Å². The van der Waals surface area contributed by atoms with Crippen molar-refractivity contribution in [1.29, 1.82) is 0 Å². The van der Waals surface area contributed by atoms with Crippen LogP contribution in [0, 0.1) is 0 Å². The van der Waals surface area contributed by atoms with E-state index < -0.39 is 16.1 Å². The topological polar surface area (TPSA) is 57.7 Å². The lowest BCUT2D eigenvalue weighted by molar-refractivity contribution is -0.131. The van der Waals surface area contributed by atoms with Gasteiger partial charge in [0.2, 0.25) is 15.9 Å². The molecule has 0 fully saturated rings. The zero-order valence-corrected chi connectivity index (χ0v) is 18.1. The Morgan fingerprint density at radius 3 is 2.15 bits per heavy atom. The molecule has 0 saturated carbocycles. The maximum absolute atomic E-state index is 12.9. The van der Waals surface area contributed by atoms with Gasteiger partial charge >= 0.3 is 0 Å². The van der Waals surface area contributed by atoms with Crippen molar-refractivity contribution in [1.82, 2.24) is 4.90 Å². The Labute approximate surface area is 174 Å². The van der Waals surface area contributed by atoms with Gasteiger partial charge in [0.15, 0.2) is 0 Å². The van der Waals surface area contributed by atoms with E-state index in [0.717, 1.165) is 16.1 Å². The Morgan fingerprint density at radius 2 is 1.59 bits per heavy atom. The van der Waals surface area contributed by atoms with Gasteiger partial charge < -0.3 is 4.90 Å². The second-order valence-electron chi connectivity index (χ2n) is 6.15. The third kappa shape index (κ3) is 5.51. The van der Waals surface area contributed by atoms with Gasteiger partial charge in [-0.05, 0) is 42.8 Å². The Hall–Kier alpha value is -1.47. The van der Waals surface area contributed by atoms with E-state index in [1.54, 1.807) is 37.4 Å². The van der Waals surface area contributed by atoms with Crippen LogP contribution in [0.2, 0.25) is 15.1 Å². The number of rotatable bonds is 6. The van der Waals surface area contributed by atoms with E-state index in [1.165, 1.54) is 24.0 Å². The van der Waals surface area contributed by atoms with Gasteiger partial charge in [0.1, 0.15) is 6.04 Å². The Morgan fingerprint density at radius 1 is 1.04 bits per heavy atom. The second-order valence-corrected chi connectivity index (χ2v) is 9.29. The number of hydrogen-bond acceptors (Lipinski definition) is 3. The summed E-state index contributed by atoms with van der Waals surface area (Å²) in [6.07, 6.45) is 1.02. The zero-order chi connectivity index (χ0) is 20.4. The van der Waals surface area contributed by atoms with Gasteiger partial charge in [-0.25, -0.2) is 8.42 Å². The number of benzene rings is 2. The quantitative estimate of drug-likeness (QED) is 0.654. The average molecular weight is 450 g/mol. The smallest absolute Gasteiger partial charge is 0.246 e. The summed E-state index contributed by atoms with van der Waals surface area (Å²) in [7, 11) is -2.18. The Bertz CT molecular complexity index is 933. The minimum atomic E-state index is -3.79. The fourth-order valence-corrected chi connectivity index (χ4v) is 4.41. The molecule has 0 aliphatic rings. The Balaban J connectivity index is 2.31. The molecule has 0 aliphatic carbocycles. The van der Waals surface area contributed by atoms with Crippen molar-refractivity contribution in [2.24, 2.45) is 0 Å². The van der Waals surface area contributed by atoms with E-state index in [9.17, 15) is 13.2 Å². The first-order valence-electron chi connectivity index (χ1n) is 7.94. The van der Waals surface area contributed by atoms with Gasteiger partial charge in [0.25, 0.3) is 0 Å². The molecule has 1 amide bonds. The number of hydrogen-bond donors (Lipinski definition) is 0. The monoisotopic (exact) mass is 448 g/mol. The Kier molecular flexibility index (Phi) is 7.03. The maximum Gasteiger partial charge on any atom is 0.246 e. The number of amides is 1. The highest BCUT2D eigenvalue weighted by atomic mass is 35.5. The molecule has 9 heteroatoms. The van der Waals surface area contributed by atoms with Crippen molar-refractivity contribution in [3.63, 3.8) is 0 Å². The van der Waals surface area contributed by atoms with Crippen LogP contribution in [-0.2, 0) is 21.4 Å². The minimum Gasteiger partial charge on any atom is -0.340 e. The molecule has 0 unspecified atom stereocenters. The minimum absolute atomic E-state index is 0.160. The molecule has 0 N–H and O–H groups in total. The number of halogens is 3. The van der Waals surface area contributed by atoms with Crippen molar-refractivity contribution in [2.45, 2.75) is 19.5 Å². The summed E-state index contributed by atoms with van der Waals surface area (Å²) in [6, 6.07) is 10.5. The third-order valence-electron chi connectivity index (χ3n) is 3.92. The molecule has 5 nitrogen and oxygen atoms in total. The summed E-state index contributed by atoms with van der Waals surface area (Å²) in [6.45, 7) is 1.82. The summed E-state index contributed by atoms with van der Waals surface area (Å²) >= 11 is 18.0. The molecule has 146 valence electrons. The molecule has 0 spiro atoms. The summed E-state index contributed by atoms with van der Waals surface area (Å²) in [5, 5.41) is 1.10. The van der Waals surface area contributed by atoms with Crippen LogP contribution < -0.4 is 4.31 Å². The van der Waals surface area contributed by atoms with Gasteiger partial charge in [0.05, 0.1) is 17.0 Å². The van der Waals surface area contributed by atoms with Gasteiger partial charge in [-0.15, -0.1) is 0 Å². The molecule has 0 aromatic heterocycles. The van der Waals surface area contributed by atoms with E-state index in [1.807, 2.05) is 0 Å². The summed E-state index contributed by atoms with van der Waals surface area (Å²) in [4.78, 5) is 14.3. The highest BCUT2D eigenvalue weighted by molar-refractivity contribution is 7.92. The molecule has 2 rings (SSSR count). The number of anilines is 1. The zero-order valence-electron chi connectivity index (χ0n) is 15.0. The van der Waals surface area contributed by atoms with Crippen molar-refractivity contribution >= 4 is 56.4 Å². The van der Waals surface area contributed by atoms with Crippen LogP contribution in [0.5, 0.6) is 0 Å².